The molecule has 0 atom stereocenters. The Bertz CT molecular complexity index is 823. The van der Waals surface area contributed by atoms with Crippen molar-refractivity contribution in [2.24, 2.45) is 0 Å². The van der Waals surface area contributed by atoms with Crippen molar-refractivity contribution in [1.29, 1.82) is 0 Å². The molecule has 4 nitrogen and oxygen atoms in total. The average molecular weight is 349 g/mol. The number of rotatable bonds is 8. The van der Waals surface area contributed by atoms with E-state index < -0.39 is 0 Å². The third kappa shape index (κ3) is 5.07. The van der Waals surface area contributed by atoms with Crippen molar-refractivity contribution in [1.82, 2.24) is 5.32 Å². The van der Waals surface area contributed by atoms with E-state index in [1.807, 2.05) is 60.7 Å². The van der Waals surface area contributed by atoms with Crippen LogP contribution in [0.5, 0.6) is 0 Å². The van der Waals surface area contributed by atoms with Crippen LogP contribution < -0.4 is 5.32 Å². The molecular formula is C22H23NO3. The summed E-state index contributed by atoms with van der Waals surface area (Å²) in [4.78, 5) is 12.3. The smallest absolute Gasteiger partial charge is 0.251 e. The van der Waals surface area contributed by atoms with E-state index in [-0.39, 0.29) is 5.91 Å². The van der Waals surface area contributed by atoms with E-state index in [0.29, 0.717) is 25.3 Å². The molecule has 0 fully saturated rings. The molecule has 26 heavy (non-hydrogen) atoms. The van der Waals surface area contributed by atoms with Crippen LogP contribution in [0.3, 0.4) is 0 Å². The van der Waals surface area contributed by atoms with Crippen LogP contribution in [0, 0.1) is 0 Å². The lowest BCUT2D eigenvalue weighted by atomic mass is 10.1. The van der Waals surface area contributed by atoms with Crippen molar-refractivity contribution in [2.45, 2.75) is 33.1 Å². The van der Waals surface area contributed by atoms with Gasteiger partial charge < -0.3 is 14.5 Å². The van der Waals surface area contributed by atoms with Gasteiger partial charge in [-0.15, -0.1) is 0 Å². The van der Waals surface area contributed by atoms with E-state index in [2.05, 4.69) is 12.2 Å². The van der Waals surface area contributed by atoms with Gasteiger partial charge in [0.05, 0.1) is 12.9 Å². The monoisotopic (exact) mass is 349 g/mol. The van der Waals surface area contributed by atoms with Crippen LogP contribution in [0.25, 0.3) is 0 Å². The maximum Gasteiger partial charge on any atom is 0.251 e. The molecule has 0 saturated heterocycles. The van der Waals surface area contributed by atoms with Gasteiger partial charge in [-0.25, -0.2) is 0 Å². The van der Waals surface area contributed by atoms with Crippen LogP contribution >= 0.6 is 0 Å². The van der Waals surface area contributed by atoms with Gasteiger partial charge in [0.1, 0.15) is 12.4 Å². The van der Waals surface area contributed by atoms with E-state index >= 15 is 0 Å². The Kier molecular flexibility index (Phi) is 6.23. The minimum Gasteiger partial charge on any atom is -0.467 e. The molecule has 0 saturated carbocycles. The van der Waals surface area contributed by atoms with Gasteiger partial charge in [-0.3, -0.25) is 4.79 Å². The Labute approximate surface area is 153 Å². The lowest BCUT2D eigenvalue weighted by Gasteiger charge is -2.08. The summed E-state index contributed by atoms with van der Waals surface area (Å²) in [5, 5.41) is 2.96. The number of ether oxygens (including phenoxy) is 1. The quantitative estimate of drug-likeness (QED) is 0.652. The molecule has 0 aliphatic heterocycles. The first kappa shape index (κ1) is 18.0. The number of furan rings is 1. The maximum absolute atomic E-state index is 12.3. The maximum atomic E-state index is 12.3. The second-order valence-corrected chi connectivity index (χ2v) is 6.13. The molecule has 0 bridgehead atoms. The molecular weight excluding hydrogens is 326 g/mol. The summed E-state index contributed by atoms with van der Waals surface area (Å²) >= 11 is 0. The highest BCUT2D eigenvalue weighted by Gasteiger charge is 2.05. The van der Waals surface area contributed by atoms with Gasteiger partial charge in [-0.05, 0) is 47.4 Å². The molecule has 3 rings (SSSR count). The predicted octanol–water partition coefficient (Wildman–Crippen LogP) is 4.49. The fourth-order valence-corrected chi connectivity index (χ4v) is 2.67. The highest BCUT2D eigenvalue weighted by atomic mass is 16.5. The zero-order chi connectivity index (χ0) is 18.2. The Morgan fingerprint density at radius 1 is 0.962 bits per heavy atom. The van der Waals surface area contributed by atoms with Crippen LogP contribution in [0.1, 0.15) is 39.7 Å². The van der Waals surface area contributed by atoms with Gasteiger partial charge in [0.25, 0.3) is 5.91 Å². The summed E-state index contributed by atoms with van der Waals surface area (Å²) in [5.41, 5.74) is 4.02. The third-order valence-electron chi connectivity index (χ3n) is 4.16. The fourth-order valence-electron chi connectivity index (χ4n) is 2.67. The van der Waals surface area contributed by atoms with Crippen LogP contribution in [0.4, 0.5) is 0 Å². The van der Waals surface area contributed by atoms with E-state index in [1.165, 1.54) is 5.56 Å². The first-order chi connectivity index (χ1) is 12.7. The molecule has 0 aliphatic rings. The van der Waals surface area contributed by atoms with Crippen molar-refractivity contribution >= 4 is 5.91 Å². The third-order valence-corrected chi connectivity index (χ3v) is 4.16. The minimum atomic E-state index is -0.0628. The van der Waals surface area contributed by atoms with Gasteiger partial charge in [0.15, 0.2) is 0 Å². The standard InChI is InChI=1S/C22H23NO3/c1-2-17-8-10-20(11-9-17)22(24)23-14-18-5-3-6-19(13-18)15-25-16-21-7-4-12-26-21/h3-13H,2,14-16H2,1H3,(H,23,24). The predicted molar refractivity (Wildman–Crippen MR) is 101 cm³/mol. The fraction of sp³-hybridized carbons (Fsp3) is 0.227. The molecule has 1 amide bonds. The van der Waals surface area contributed by atoms with E-state index in [0.717, 1.165) is 23.3 Å². The van der Waals surface area contributed by atoms with Gasteiger partial charge in [0, 0.05) is 12.1 Å². The Morgan fingerprint density at radius 2 is 1.77 bits per heavy atom. The molecule has 4 heteroatoms. The lowest BCUT2D eigenvalue weighted by molar-refractivity contribution is 0.0928. The van der Waals surface area contributed by atoms with Crippen molar-refractivity contribution in [2.75, 3.05) is 0 Å². The molecule has 1 heterocycles. The number of benzene rings is 2. The van der Waals surface area contributed by atoms with E-state index in [9.17, 15) is 4.79 Å². The molecule has 1 N–H and O–H groups in total. The second-order valence-electron chi connectivity index (χ2n) is 6.13. The van der Waals surface area contributed by atoms with Crippen LogP contribution in [0.2, 0.25) is 0 Å². The summed E-state index contributed by atoms with van der Waals surface area (Å²) in [6.45, 7) is 3.53. The van der Waals surface area contributed by atoms with Gasteiger partial charge in [-0.2, -0.15) is 0 Å². The summed E-state index contributed by atoms with van der Waals surface area (Å²) < 4.78 is 10.9. The highest BCUT2D eigenvalue weighted by molar-refractivity contribution is 5.94. The molecule has 2 aromatic carbocycles. The van der Waals surface area contributed by atoms with E-state index in [4.69, 9.17) is 9.15 Å². The number of carbonyl (C=O) groups excluding carboxylic acids is 1. The largest absolute Gasteiger partial charge is 0.467 e. The van der Waals surface area contributed by atoms with Crippen molar-refractivity contribution < 1.29 is 13.9 Å². The summed E-state index contributed by atoms with van der Waals surface area (Å²) in [7, 11) is 0. The molecule has 134 valence electrons. The molecule has 0 radical (unpaired) electrons. The number of aryl methyl sites for hydroxylation is 1. The molecule has 0 aliphatic carbocycles. The number of hydrogen-bond donors (Lipinski definition) is 1. The highest BCUT2D eigenvalue weighted by Crippen LogP contribution is 2.10. The first-order valence-electron chi connectivity index (χ1n) is 8.79. The normalized spacial score (nSPS) is 10.7. The SMILES string of the molecule is CCc1ccc(C(=O)NCc2cccc(COCc3ccco3)c2)cc1. The number of nitrogens with one attached hydrogen (secondary N) is 1. The topological polar surface area (TPSA) is 51.5 Å². The Morgan fingerprint density at radius 3 is 2.50 bits per heavy atom. The minimum absolute atomic E-state index is 0.0628. The number of amides is 1. The van der Waals surface area contributed by atoms with Crippen molar-refractivity contribution in [3.8, 4) is 0 Å². The van der Waals surface area contributed by atoms with Crippen LogP contribution in [0.15, 0.2) is 71.3 Å². The van der Waals surface area contributed by atoms with Crippen molar-refractivity contribution in [3.05, 3.63) is 94.9 Å². The molecule has 3 aromatic rings. The summed E-state index contributed by atoms with van der Waals surface area (Å²) in [6.07, 6.45) is 2.61. The van der Waals surface area contributed by atoms with Gasteiger partial charge in [-0.1, -0.05) is 43.3 Å². The number of carbonyl (C=O) groups is 1. The summed E-state index contributed by atoms with van der Waals surface area (Å²) in [5.74, 6) is 0.745. The van der Waals surface area contributed by atoms with Crippen LogP contribution in [-0.4, -0.2) is 5.91 Å². The van der Waals surface area contributed by atoms with E-state index in [1.54, 1.807) is 6.26 Å². The van der Waals surface area contributed by atoms with Gasteiger partial charge in [0.2, 0.25) is 0 Å². The lowest BCUT2D eigenvalue weighted by Crippen LogP contribution is -2.22. The zero-order valence-electron chi connectivity index (χ0n) is 14.9. The van der Waals surface area contributed by atoms with Crippen LogP contribution in [-0.2, 0) is 30.9 Å². The Balaban J connectivity index is 1.50. The average Bonchev–Trinajstić information content (AvgIpc) is 3.20. The van der Waals surface area contributed by atoms with Crippen molar-refractivity contribution in [3.63, 3.8) is 0 Å². The second kappa shape index (κ2) is 9.02. The molecule has 1 aromatic heterocycles. The molecule has 0 spiro atoms. The Hall–Kier alpha value is -2.85. The molecule has 0 unspecified atom stereocenters. The van der Waals surface area contributed by atoms with Gasteiger partial charge >= 0.3 is 0 Å². The number of hydrogen-bond acceptors (Lipinski definition) is 3. The zero-order valence-corrected chi connectivity index (χ0v) is 14.9. The first-order valence-corrected chi connectivity index (χ1v) is 8.79. The summed E-state index contributed by atoms with van der Waals surface area (Å²) in [6, 6.07) is 19.5.